The van der Waals surface area contributed by atoms with Crippen LogP contribution in [0.4, 0.5) is 0 Å². The second-order valence-corrected chi connectivity index (χ2v) is 6.00. The summed E-state index contributed by atoms with van der Waals surface area (Å²) in [6.45, 7) is 0. The molecule has 0 radical (unpaired) electrons. The van der Waals surface area contributed by atoms with Crippen LogP contribution in [0.3, 0.4) is 0 Å². The maximum atomic E-state index is 5.26. The molecule has 0 aromatic rings. The molecule has 0 bridgehead atoms. The van der Waals surface area contributed by atoms with Crippen molar-refractivity contribution in [3.05, 3.63) is 0 Å². The minimum Gasteiger partial charge on any atom is -0.381 e. The van der Waals surface area contributed by atoms with Crippen LogP contribution in [0.2, 0.25) is 0 Å². The number of methoxy groups -OCH3 is 2. The summed E-state index contributed by atoms with van der Waals surface area (Å²) in [4.78, 5) is 0. The third-order valence-electron chi connectivity index (χ3n) is 4.83. The van der Waals surface area contributed by atoms with Crippen molar-refractivity contribution in [1.29, 1.82) is 0 Å². The molecule has 4 nitrogen and oxygen atoms in total. The highest BCUT2D eigenvalue weighted by Gasteiger charge is 2.19. The van der Waals surface area contributed by atoms with E-state index in [0.29, 0.717) is 12.2 Å². The van der Waals surface area contributed by atoms with Gasteiger partial charge in [0.15, 0.2) is 0 Å². The van der Waals surface area contributed by atoms with Gasteiger partial charge < -0.3 is 20.1 Å². The zero-order valence-corrected chi connectivity index (χ0v) is 13.8. The van der Waals surface area contributed by atoms with Gasteiger partial charge in [-0.05, 0) is 65.5 Å². The Morgan fingerprint density at radius 1 is 0.600 bits per heavy atom. The fourth-order valence-electron chi connectivity index (χ4n) is 3.17. The smallest absolute Gasteiger partial charge is 0.0572 e. The van der Waals surface area contributed by atoms with E-state index in [4.69, 9.17) is 9.47 Å². The zero-order chi connectivity index (χ0) is 14.8. The van der Waals surface area contributed by atoms with Crippen LogP contribution in [-0.4, -0.2) is 52.6 Å². The first-order valence-corrected chi connectivity index (χ1v) is 8.13. The lowest BCUT2D eigenvalue weighted by molar-refractivity contribution is 0.0634. The SMILES string of the molecule is CNC1CCC(OC)CC1.CNC1CCC(OC)CC1. The molecule has 2 fully saturated rings. The molecule has 0 aromatic heterocycles. The third-order valence-corrected chi connectivity index (χ3v) is 4.83. The molecule has 0 aliphatic heterocycles. The average molecular weight is 286 g/mol. The Bertz CT molecular complexity index is 175. The van der Waals surface area contributed by atoms with Gasteiger partial charge in [-0.25, -0.2) is 0 Å². The standard InChI is InChI=1S/2C8H17NO/c2*1-9-7-3-5-8(10-2)6-4-7/h2*7-9H,3-6H2,1-2H3. The predicted molar refractivity (Wildman–Crippen MR) is 84.2 cm³/mol. The maximum absolute atomic E-state index is 5.26. The lowest BCUT2D eigenvalue weighted by Crippen LogP contribution is -2.32. The van der Waals surface area contributed by atoms with E-state index in [-0.39, 0.29) is 0 Å². The summed E-state index contributed by atoms with van der Waals surface area (Å²) >= 11 is 0. The van der Waals surface area contributed by atoms with Gasteiger partial charge in [0.1, 0.15) is 0 Å². The molecule has 20 heavy (non-hydrogen) atoms. The lowest BCUT2D eigenvalue weighted by Gasteiger charge is -2.26. The Kier molecular flexibility index (Phi) is 9.44. The van der Waals surface area contributed by atoms with Gasteiger partial charge in [-0.3, -0.25) is 0 Å². The molecule has 2 aliphatic carbocycles. The van der Waals surface area contributed by atoms with E-state index in [9.17, 15) is 0 Å². The topological polar surface area (TPSA) is 42.5 Å². The summed E-state index contributed by atoms with van der Waals surface area (Å²) in [6, 6.07) is 1.48. The van der Waals surface area contributed by atoms with E-state index in [0.717, 1.165) is 12.1 Å². The predicted octanol–water partition coefficient (Wildman–Crippen LogP) is 2.33. The fraction of sp³-hybridized carbons (Fsp3) is 1.00. The van der Waals surface area contributed by atoms with Crippen molar-refractivity contribution in [3.8, 4) is 0 Å². The summed E-state index contributed by atoms with van der Waals surface area (Å²) in [7, 11) is 7.70. The second-order valence-electron chi connectivity index (χ2n) is 6.00. The molecule has 0 aromatic carbocycles. The van der Waals surface area contributed by atoms with Crippen molar-refractivity contribution in [2.45, 2.75) is 75.7 Å². The summed E-state index contributed by atoms with van der Waals surface area (Å²) in [5, 5.41) is 6.59. The second kappa shape index (κ2) is 10.6. The van der Waals surface area contributed by atoms with E-state index in [1.165, 1.54) is 51.4 Å². The van der Waals surface area contributed by atoms with Crippen molar-refractivity contribution in [2.75, 3.05) is 28.3 Å². The van der Waals surface area contributed by atoms with Gasteiger partial charge in [0.2, 0.25) is 0 Å². The number of ether oxygens (including phenoxy) is 2. The average Bonchev–Trinajstić information content (AvgIpc) is 2.55. The van der Waals surface area contributed by atoms with Crippen LogP contribution in [0.1, 0.15) is 51.4 Å². The van der Waals surface area contributed by atoms with Gasteiger partial charge in [0.05, 0.1) is 12.2 Å². The molecule has 0 saturated heterocycles. The van der Waals surface area contributed by atoms with Crippen molar-refractivity contribution < 1.29 is 9.47 Å². The fourth-order valence-corrected chi connectivity index (χ4v) is 3.17. The van der Waals surface area contributed by atoms with Crippen molar-refractivity contribution >= 4 is 0 Å². The Labute approximate surface area is 125 Å². The van der Waals surface area contributed by atoms with Crippen molar-refractivity contribution in [3.63, 3.8) is 0 Å². The highest BCUT2D eigenvalue weighted by Crippen LogP contribution is 2.20. The van der Waals surface area contributed by atoms with Gasteiger partial charge >= 0.3 is 0 Å². The van der Waals surface area contributed by atoms with Crippen molar-refractivity contribution in [1.82, 2.24) is 10.6 Å². The molecule has 4 heteroatoms. The molecule has 2 rings (SSSR count). The van der Waals surface area contributed by atoms with Gasteiger partial charge in [-0.15, -0.1) is 0 Å². The summed E-state index contributed by atoms with van der Waals surface area (Å²) in [5.41, 5.74) is 0. The molecule has 2 aliphatic rings. The van der Waals surface area contributed by atoms with Gasteiger partial charge in [-0.1, -0.05) is 0 Å². The van der Waals surface area contributed by atoms with Crippen LogP contribution in [0.15, 0.2) is 0 Å². The molecule has 0 unspecified atom stereocenters. The number of rotatable bonds is 4. The van der Waals surface area contributed by atoms with Crippen LogP contribution in [0.25, 0.3) is 0 Å². The van der Waals surface area contributed by atoms with Crippen LogP contribution in [0.5, 0.6) is 0 Å². The molecule has 120 valence electrons. The normalized spacial score (nSPS) is 34.2. The summed E-state index contributed by atoms with van der Waals surface area (Å²) in [5.74, 6) is 0. The van der Waals surface area contributed by atoms with Crippen LogP contribution in [0, 0.1) is 0 Å². The molecule has 0 amide bonds. The van der Waals surface area contributed by atoms with E-state index in [1.54, 1.807) is 0 Å². The van der Waals surface area contributed by atoms with Crippen LogP contribution in [-0.2, 0) is 9.47 Å². The zero-order valence-electron chi connectivity index (χ0n) is 13.8. The Morgan fingerprint density at radius 3 is 1.10 bits per heavy atom. The quantitative estimate of drug-likeness (QED) is 0.832. The monoisotopic (exact) mass is 286 g/mol. The van der Waals surface area contributed by atoms with E-state index in [1.807, 2.05) is 28.3 Å². The van der Waals surface area contributed by atoms with E-state index in [2.05, 4.69) is 10.6 Å². The largest absolute Gasteiger partial charge is 0.381 e. The molecule has 0 atom stereocenters. The van der Waals surface area contributed by atoms with E-state index >= 15 is 0 Å². The Morgan fingerprint density at radius 2 is 0.900 bits per heavy atom. The minimum atomic E-state index is 0.532. The summed E-state index contributed by atoms with van der Waals surface area (Å²) < 4.78 is 10.5. The first kappa shape index (κ1) is 17.9. The molecular weight excluding hydrogens is 252 g/mol. The van der Waals surface area contributed by atoms with E-state index < -0.39 is 0 Å². The number of hydrogen-bond acceptors (Lipinski definition) is 4. The van der Waals surface area contributed by atoms with Gasteiger partial charge in [0, 0.05) is 26.3 Å². The molecule has 0 spiro atoms. The lowest BCUT2D eigenvalue weighted by atomic mass is 9.93. The molecule has 0 heterocycles. The molecule has 2 saturated carbocycles. The first-order valence-electron chi connectivity index (χ1n) is 8.13. The van der Waals surface area contributed by atoms with Crippen LogP contribution < -0.4 is 10.6 Å². The molecular formula is C16H34N2O2. The highest BCUT2D eigenvalue weighted by atomic mass is 16.5. The number of hydrogen-bond donors (Lipinski definition) is 2. The highest BCUT2D eigenvalue weighted by molar-refractivity contribution is 4.76. The Balaban J connectivity index is 0.000000200. The summed E-state index contributed by atoms with van der Waals surface area (Å²) in [6.07, 6.45) is 11.1. The Hall–Kier alpha value is -0.160. The first-order chi connectivity index (χ1) is 9.73. The van der Waals surface area contributed by atoms with Gasteiger partial charge in [-0.2, -0.15) is 0 Å². The van der Waals surface area contributed by atoms with Crippen molar-refractivity contribution in [2.24, 2.45) is 0 Å². The van der Waals surface area contributed by atoms with Crippen LogP contribution >= 0.6 is 0 Å². The minimum absolute atomic E-state index is 0.532. The molecule has 2 N–H and O–H groups in total. The maximum Gasteiger partial charge on any atom is 0.0572 e. The number of nitrogens with one attached hydrogen (secondary N) is 2. The van der Waals surface area contributed by atoms with Gasteiger partial charge in [0.25, 0.3) is 0 Å². The third kappa shape index (κ3) is 6.53.